The molecule has 0 saturated heterocycles. The van der Waals surface area contributed by atoms with Gasteiger partial charge in [0.05, 0.1) is 27.1 Å². The van der Waals surface area contributed by atoms with Crippen LogP contribution < -0.4 is 0 Å². The van der Waals surface area contributed by atoms with Gasteiger partial charge in [-0.2, -0.15) is 0 Å². The quantitative estimate of drug-likeness (QED) is 0.788. The molecule has 0 saturated carbocycles. The number of hydrogen-bond donors (Lipinski definition) is 0. The summed E-state index contributed by atoms with van der Waals surface area (Å²) in [5, 5.41) is 0.627. The van der Waals surface area contributed by atoms with Crippen LogP contribution >= 0.6 is 23.2 Å². The summed E-state index contributed by atoms with van der Waals surface area (Å²) < 4.78 is 13.4. The van der Waals surface area contributed by atoms with E-state index in [4.69, 9.17) is 23.2 Å². The maximum atomic E-state index is 13.4. The molecule has 0 N–H and O–H groups in total. The number of rotatable bonds is 3. The summed E-state index contributed by atoms with van der Waals surface area (Å²) >= 11 is 12.0. The van der Waals surface area contributed by atoms with E-state index in [0.29, 0.717) is 33.4 Å². The maximum Gasteiger partial charge on any atom is 0.123 e. The second-order valence-corrected chi connectivity index (χ2v) is 4.99. The molecule has 0 radical (unpaired) electrons. The maximum absolute atomic E-state index is 13.4. The number of halogens is 3. The molecule has 0 bridgehead atoms. The molecular weight excluding hydrogens is 298 g/mol. The second-order valence-electron chi connectivity index (χ2n) is 4.12. The highest BCUT2D eigenvalue weighted by Crippen LogP contribution is 2.31. The topological polar surface area (TPSA) is 25.8 Å². The first-order chi connectivity index (χ1) is 9.43. The third-order valence-electron chi connectivity index (χ3n) is 2.73. The average molecular weight is 309 g/mol. The molecule has 0 aliphatic carbocycles. The van der Waals surface area contributed by atoms with Gasteiger partial charge in [-0.3, -0.25) is 0 Å². The molecule has 0 fully saturated rings. The van der Waals surface area contributed by atoms with Gasteiger partial charge in [0.2, 0.25) is 0 Å². The zero-order valence-corrected chi connectivity index (χ0v) is 12.3. The van der Waals surface area contributed by atoms with Gasteiger partial charge >= 0.3 is 0 Å². The fourth-order valence-corrected chi connectivity index (χ4v) is 2.16. The summed E-state index contributed by atoms with van der Waals surface area (Å²) in [5.74, 6) is -0.398. The van der Waals surface area contributed by atoms with Crippen LogP contribution in [0, 0.1) is 12.7 Å². The molecule has 1 heterocycles. The van der Waals surface area contributed by atoms with E-state index in [-0.39, 0.29) is 5.03 Å². The number of hydrogen-bond acceptors (Lipinski definition) is 2. The molecule has 1 aromatic carbocycles. The average Bonchev–Trinajstić information content (AvgIpc) is 2.41. The Bertz CT molecular complexity index is 711. The summed E-state index contributed by atoms with van der Waals surface area (Å²) in [4.78, 5) is 8.75. The van der Waals surface area contributed by atoms with Crippen LogP contribution in [0.1, 0.15) is 17.1 Å². The Kier molecular flexibility index (Phi) is 4.21. The monoisotopic (exact) mass is 308 g/mol. The molecular formula is C15H11Cl2FN2. The molecule has 0 spiro atoms. The van der Waals surface area contributed by atoms with Crippen molar-refractivity contribution in [3.63, 3.8) is 0 Å². The fourth-order valence-electron chi connectivity index (χ4n) is 1.81. The molecule has 0 aliphatic heterocycles. The van der Waals surface area contributed by atoms with Gasteiger partial charge in [-0.25, -0.2) is 14.4 Å². The van der Waals surface area contributed by atoms with E-state index < -0.39 is 5.82 Å². The standard InChI is InChI=1S/C15H11Cl2FN2/c1-4-13-14(8(2)16)20-15(9(3)19-13)11-7-10(18)5-6-12(11)17/h4-7H,1-2H2,3H3. The Morgan fingerprint density at radius 1 is 1.35 bits per heavy atom. The minimum atomic E-state index is -0.398. The van der Waals surface area contributed by atoms with Crippen LogP contribution in [0.2, 0.25) is 5.02 Å². The minimum absolute atomic E-state index is 0.237. The van der Waals surface area contributed by atoms with Crippen molar-refractivity contribution in [2.45, 2.75) is 6.92 Å². The number of benzene rings is 1. The molecule has 2 aromatic rings. The van der Waals surface area contributed by atoms with Gasteiger partial charge in [0, 0.05) is 5.56 Å². The molecule has 1 aromatic heterocycles. The third kappa shape index (κ3) is 2.74. The zero-order valence-electron chi connectivity index (χ0n) is 10.8. The lowest BCUT2D eigenvalue weighted by molar-refractivity contribution is 0.628. The highest BCUT2D eigenvalue weighted by Gasteiger charge is 2.15. The van der Waals surface area contributed by atoms with Crippen LogP contribution in [0.3, 0.4) is 0 Å². The van der Waals surface area contributed by atoms with Crippen molar-refractivity contribution >= 4 is 34.3 Å². The molecule has 0 amide bonds. The van der Waals surface area contributed by atoms with Gasteiger partial charge in [-0.05, 0) is 31.2 Å². The van der Waals surface area contributed by atoms with Crippen LogP contribution in [-0.2, 0) is 0 Å². The van der Waals surface area contributed by atoms with Gasteiger partial charge in [0.15, 0.2) is 0 Å². The van der Waals surface area contributed by atoms with E-state index in [9.17, 15) is 4.39 Å². The van der Waals surface area contributed by atoms with Gasteiger partial charge in [-0.15, -0.1) is 0 Å². The number of nitrogens with zero attached hydrogens (tertiary/aromatic N) is 2. The van der Waals surface area contributed by atoms with Crippen molar-refractivity contribution in [1.29, 1.82) is 0 Å². The first kappa shape index (κ1) is 14.7. The van der Waals surface area contributed by atoms with Crippen molar-refractivity contribution in [2.75, 3.05) is 0 Å². The first-order valence-corrected chi connectivity index (χ1v) is 6.51. The third-order valence-corrected chi connectivity index (χ3v) is 3.24. The highest BCUT2D eigenvalue weighted by atomic mass is 35.5. The molecule has 0 aliphatic rings. The zero-order chi connectivity index (χ0) is 14.9. The minimum Gasteiger partial charge on any atom is -0.249 e. The van der Waals surface area contributed by atoms with Crippen molar-refractivity contribution < 1.29 is 4.39 Å². The van der Waals surface area contributed by atoms with E-state index in [1.807, 2.05) is 0 Å². The van der Waals surface area contributed by atoms with Crippen LogP contribution in [-0.4, -0.2) is 9.97 Å². The van der Waals surface area contributed by atoms with Crippen LogP contribution in [0.15, 0.2) is 31.4 Å². The Morgan fingerprint density at radius 2 is 2.05 bits per heavy atom. The predicted octanol–water partition coefficient (Wildman–Crippen LogP) is 5.10. The molecule has 2 nitrogen and oxygen atoms in total. The van der Waals surface area contributed by atoms with E-state index in [0.717, 1.165) is 0 Å². The number of aromatic nitrogens is 2. The van der Waals surface area contributed by atoms with E-state index in [1.165, 1.54) is 18.2 Å². The van der Waals surface area contributed by atoms with E-state index in [1.54, 1.807) is 13.0 Å². The molecule has 5 heteroatoms. The summed E-state index contributed by atoms with van der Waals surface area (Å²) in [6, 6.07) is 4.08. The largest absolute Gasteiger partial charge is 0.249 e. The van der Waals surface area contributed by atoms with Crippen LogP contribution in [0.25, 0.3) is 22.4 Å². The first-order valence-electron chi connectivity index (χ1n) is 5.75. The SMILES string of the molecule is C=Cc1nc(C)c(-c2cc(F)ccc2Cl)nc1C(=C)Cl. The molecule has 102 valence electrons. The van der Waals surface area contributed by atoms with Gasteiger partial charge in [-0.1, -0.05) is 36.4 Å². The summed E-state index contributed by atoms with van der Waals surface area (Å²) in [6.07, 6.45) is 1.54. The van der Waals surface area contributed by atoms with Crippen molar-refractivity contribution in [3.05, 3.63) is 59.3 Å². The second kappa shape index (κ2) is 5.73. The molecule has 2 rings (SSSR count). The van der Waals surface area contributed by atoms with Crippen LogP contribution in [0.4, 0.5) is 4.39 Å². The van der Waals surface area contributed by atoms with Gasteiger partial charge < -0.3 is 0 Å². The van der Waals surface area contributed by atoms with Crippen molar-refractivity contribution in [1.82, 2.24) is 9.97 Å². The Morgan fingerprint density at radius 3 is 2.65 bits per heavy atom. The summed E-state index contributed by atoms with van der Waals surface area (Å²) in [6.45, 7) is 9.07. The smallest absolute Gasteiger partial charge is 0.123 e. The lowest BCUT2D eigenvalue weighted by Crippen LogP contribution is -2.01. The van der Waals surface area contributed by atoms with E-state index >= 15 is 0 Å². The van der Waals surface area contributed by atoms with Crippen molar-refractivity contribution in [3.8, 4) is 11.3 Å². The Labute approximate surface area is 126 Å². The normalized spacial score (nSPS) is 10.4. The van der Waals surface area contributed by atoms with Gasteiger partial charge in [0.1, 0.15) is 11.5 Å². The highest BCUT2D eigenvalue weighted by molar-refractivity contribution is 6.48. The summed E-state index contributed by atoms with van der Waals surface area (Å²) in [5.41, 5.74) is 2.47. The Balaban J connectivity index is 2.74. The molecule has 20 heavy (non-hydrogen) atoms. The molecule has 0 atom stereocenters. The van der Waals surface area contributed by atoms with Gasteiger partial charge in [0.25, 0.3) is 0 Å². The Hall–Kier alpha value is -1.71. The fraction of sp³-hybridized carbons (Fsp3) is 0.0667. The lowest BCUT2D eigenvalue weighted by atomic mass is 10.1. The molecule has 0 unspecified atom stereocenters. The summed E-state index contributed by atoms with van der Waals surface area (Å²) in [7, 11) is 0. The predicted molar refractivity (Wildman–Crippen MR) is 82.2 cm³/mol. The lowest BCUT2D eigenvalue weighted by Gasteiger charge is -2.11. The van der Waals surface area contributed by atoms with E-state index in [2.05, 4.69) is 23.1 Å². The van der Waals surface area contributed by atoms with Crippen LogP contribution in [0.5, 0.6) is 0 Å². The van der Waals surface area contributed by atoms with Crippen molar-refractivity contribution in [2.24, 2.45) is 0 Å². The number of aryl methyl sites for hydroxylation is 1.